The van der Waals surface area contributed by atoms with Gasteiger partial charge in [-0.15, -0.1) is 0 Å². The largest absolute Gasteiger partial charge is 0.391 e. The van der Waals surface area contributed by atoms with Crippen LogP contribution in [0.1, 0.15) is 28.4 Å². The van der Waals surface area contributed by atoms with E-state index in [1.54, 1.807) is 0 Å². The molecule has 1 heterocycles. The zero-order valence-electron chi connectivity index (χ0n) is 12.6. The molecule has 1 unspecified atom stereocenters. The lowest BCUT2D eigenvalue weighted by Crippen LogP contribution is -2.32. The van der Waals surface area contributed by atoms with Gasteiger partial charge in [0.1, 0.15) is 5.82 Å². The molecule has 4 nitrogen and oxygen atoms in total. The van der Waals surface area contributed by atoms with Crippen LogP contribution in [-0.2, 0) is 7.05 Å². The van der Waals surface area contributed by atoms with E-state index in [0.29, 0.717) is 0 Å². The minimum absolute atomic E-state index is 0.0476. The van der Waals surface area contributed by atoms with Gasteiger partial charge >= 0.3 is 6.18 Å². The molecule has 128 valence electrons. The first-order valence-electron chi connectivity index (χ1n) is 6.95. The summed E-state index contributed by atoms with van der Waals surface area (Å²) < 4.78 is 52.4. The Bertz CT molecular complexity index is 782. The van der Waals surface area contributed by atoms with Crippen molar-refractivity contribution in [3.8, 4) is 0 Å². The summed E-state index contributed by atoms with van der Waals surface area (Å²) in [6.07, 6.45) is -4.58. The smallest absolute Gasteiger partial charge is 0.345 e. The van der Waals surface area contributed by atoms with Gasteiger partial charge in [0, 0.05) is 19.3 Å². The third kappa shape index (κ3) is 4.68. The Balaban J connectivity index is 2.26. The van der Waals surface area contributed by atoms with Crippen molar-refractivity contribution >= 4 is 5.91 Å². The van der Waals surface area contributed by atoms with Crippen molar-refractivity contribution in [1.29, 1.82) is 0 Å². The Morgan fingerprint density at radius 2 is 1.79 bits per heavy atom. The van der Waals surface area contributed by atoms with E-state index < -0.39 is 30.4 Å². The topological polar surface area (TPSA) is 51.1 Å². The SMILES string of the molecule is Cn1cc(C(=O)NC(CC(F)(F)F)c2ccc(F)cc2)ccc1=O. The van der Waals surface area contributed by atoms with E-state index in [1.165, 1.54) is 31.4 Å². The third-order valence-corrected chi connectivity index (χ3v) is 3.36. The van der Waals surface area contributed by atoms with Gasteiger partial charge in [-0.1, -0.05) is 12.1 Å². The molecule has 8 heteroatoms. The number of nitrogens with zero attached hydrogens (tertiary/aromatic N) is 1. The van der Waals surface area contributed by atoms with Crippen molar-refractivity contribution in [1.82, 2.24) is 9.88 Å². The number of rotatable bonds is 4. The van der Waals surface area contributed by atoms with E-state index in [0.717, 1.165) is 22.8 Å². The maximum absolute atomic E-state index is 13.0. The zero-order valence-corrected chi connectivity index (χ0v) is 12.6. The Hall–Kier alpha value is -2.64. The number of nitrogens with one attached hydrogen (secondary N) is 1. The molecule has 1 atom stereocenters. The molecule has 1 N–H and O–H groups in total. The number of aryl methyl sites for hydroxylation is 1. The molecule has 0 fully saturated rings. The number of aromatic nitrogens is 1. The van der Waals surface area contributed by atoms with Gasteiger partial charge in [0.25, 0.3) is 5.91 Å². The molecular formula is C16H14F4N2O2. The van der Waals surface area contributed by atoms with Gasteiger partial charge in [0.2, 0.25) is 5.56 Å². The van der Waals surface area contributed by atoms with Crippen LogP contribution in [0.2, 0.25) is 0 Å². The first-order chi connectivity index (χ1) is 11.2. The minimum atomic E-state index is -4.52. The van der Waals surface area contributed by atoms with Crippen LogP contribution in [0.15, 0.2) is 47.4 Å². The van der Waals surface area contributed by atoms with Crippen molar-refractivity contribution in [2.75, 3.05) is 0 Å². The lowest BCUT2D eigenvalue weighted by molar-refractivity contribution is -0.139. The van der Waals surface area contributed by atoms with E-state index in [4.69, 9.17) is 0 Å². The fourth-order valence-electron chi connectivity index (χ4n) is 2.15. The van der Waals surface area contributed by atoms with Gasteiger partial charge in [0.15, 0.2) is 0 Å². The molecule has 0 aliphatic rings. The predicted octanol–water partition coefficient (Wildman–Crippen LogP) is 2.95. The Kier molecular flexibility index (Phi) is 5.06. The average Bonchev–Trinajstić information content (AvgIpc) is 2.48. The maximum atomic E-state index is 13.0. The van der Waals surface area contributed by atoms with Crippen LogP contribution in [0, 0.1) is 5.82 Å². The van der Waals surface area contributed by atoms with Crippen molar-refractivity contribution < 1.29 is 22.4 Å². The van der Waals surface area contributed by atoms with E-state index in [1.807, 2.05) is 0 Å². The summed E-state index contributed by atoms with van der Waals surface area (Å²) in [7, 11) is 1.42. The van der Waals surface area contributed by atoms with Crippen LogP contribution in [0.3, 0.4) is 0 Å². The molecular weight excluding hydrogens is 328 g/mol. The summed E-state index contributed by atoms with van der Waals surface area (Å²) in [5.41, 5.74) is -0.171. The number of halogens is 4. The fraction of sp³-hybridized carbons (Fsp3) is 0.250. The van der Waals surface area contributed by atoms with Crippen LogP contribution < -0.4 is 10.9 Å². The molecule has 24 heavy (non-hydrogen) atoms. The van der Waals surface area contributed by atoms with Crippen LogP contribution in [0.5, 0.6) is 0 Å². The lowest BCUT2D eigenvalue weighted by atomic mass is 10.0. The molecule has 0 spiro atoms. The Morgan fingerprint density at radius 3 is 2.33 bits per heavy atom. The van der Waals surface area contributed by atoms with Crippen LogP contribution >= 0.6 is 0 Å². The normalized spacial score (nSPS) is 12.7. The minimum Gasteiger partial charge on any atom is -0.345 e. The maximum Gasteiger partial charge on any atom is 0.391 e. The van der Waals surface area contributed by atoms with Gasteiger partial charge in [-0.25, -0.2) is 4.39 Å². The molecule has 1 aromatic heterocycles. The van der Waals surface area contributed by atoms with Crippen LogP contribution in [0.25, 0.3) is 0 Å². The second-order valence-corrected chi connectivity index (χ2v) is 5.26. The van der Waals surface area contributed by atoms with Gasteiger partial charge in [0.05, 0.1) is 18.0 Å². The van der Waals surface area contributed by atoms with Crippen molar-refractivity contribution in [3.63, 3.8) is 0 Å². The molecule has 2 rings (SSSR count). The van der Waals surface area contributed by atoms with Crippen molar-refractivity contribution in [2.45, 2.75) is 18.6 Å². The second-order valence-electron chi connectivity index (χ2n) is 5.26. The molecule has 1 amide bonds. The zero-order chi connectivity index (χ0) is 17.9. The average molecular weight is 342 g/mol. The predicted molar refractivity (Wildman–Crippen MR) is 79.0 cm³/mol. The van der Waals surface area contributed by atoms with E-state index >= 15 is 0 Å². The molecule has 0 radical (unpaired) electrons. The van der Waals surface area contributed by atoms with E-state index in [-0.39, 0.29) is 16.7 Å². The molecule has 0 aliphatic heterocycles. The van der Waals surface area contributed by atoms with E-state index in [2.05, 4.69) is 5.32 Å². The summed E-state index contributed by atoms with van der Waals surface area (Å²) in [6.45, 7) is 0. The monoisotopic (exact) mass is 342 g/mol. The number of carbonyl (C=O) groups is 1. The number of hydrogen-bond donors (Lipinski definition) is 1. The van der Waals surface area contributed by atoms with Gasteiger partial charge < -0.3 is 9.88 Å². The van der Waals surface area contributed by atoms with Crippen LogP contribution in [-0.4, -0.2) is 16.7 Å². The first-order valence-corrected chi connectivity index (χ1v) is 6.95. The number of hydrogen-bond acceptors (Lipinski definition) is 2. The number of alkyl halides is 3. The van der Waals surface area contributed by atoms with Gasteiger partial charge in [-0.2, -0.15) is 13.2 Å². The molecule has 0 saturated heterocycles. The summed E-state index contributed by atoms with van der Waals surface area (Å²) in [4.78, 5) is 23.5. The fourth-order valence-corrected chi connectivity index (χ4v) is 2.15. The van der Waals surface area contributed by atoms with Crippen molar-refractivity contribution in [3.05, 3.63) is 69.9 Å². The number of pyridine rings is 1. The molecule has 0 bridgehead atoms. The van der Waals surface area contributed by atoms with Gasteiger partial charge in [-0.3, -0.25) is 9.59 Å². The molecule has 2 aromatic rings. The summed E-state index contributed by atoms with van der Waals surface area (Å²) >= 11 is 0. The third-order valence-electron chi connectivity index (χ3n) is 3.36. The highest BCUT2D eigenvalue weighted by Crippen LogP contribution is 2.29. The summed E-state index contributed by atoms with van der Waals surface area (Å²) in [6, 6.07) is 5.43. The lowest BCUT2D eigenvalue weighted by Gasteiger charge is -2.21. The summed E-state index contributed by atoms with van der Waals surface area (Å²) in [5, 5.41) is 2.28. The molecule has 1 aromatic carbocycles. The second kappa shape index (κ2) is 6.86. The van der Waals surface area contributed by atoms with E-state index in [9.17, 15) is 27.2 Å². The van der Waals surface area contributed by atoms with Crippen LogP contribution in [0.4, 0.5) is 17.6 Å². The summed E-state index contributed by atoms with van der Waals surface area (Å²) in [5.74, 6) is -1.35. The number of carbonyl (C=O) groups excluding carboxylic acids is 1. The van der Waals surface area contributed by atoms with Gasteiger partial charge in [-0.05, 0) is 23.8 Å². The van der Waals surface area contributed by atoms with Crippen molar-refractivity contribution in [2.24, 2.45) is 7.05 Å². The standard InChI is InChI=1S/C16H14F4N2O2/c1-22-9-11(4-7-14(22)23)15(24)21-13(8-16(18,19)20)10-2-5-12(17)6-3-10/h2-7,9,13H,8H2,1H3,(H,21,24). The number of amides is 1. The first kappa shape index (κ1) is 17.7. The highest BCUT2D eigenvalue weighted by Gasteiger charge is 2.33. The molecule has 0 saturated carbocycles. The Morgan fingerprint density at radius 1 is 1.17 bits per heavy atom. The Labute approximate surface area is 134 Å². The number of benzene rings is 1. The highest BCUT2D eigenvalue weighted by molar-refractivity contribution is 5.94. The quantitative estimate of drug-likeness (QED) is 0.869. The highest BCUT2D eigenvalue weighted by atomic mass is 19.4. The molecule has 0 aliphatic carbocycles.